The Kier molecular flexibility index (Phi) is 4.26. The molecule has 0 saturated heterocycles. The molecule has 2 aromatic carbocycles. The van der Waals surface area contributed by atoms with Gasteiger partial charge in [0.05, 0.1) is 4.90 Å². The lowest BCUT2D eigenvalue weighted by atomic mass is 9.98. The standard InChI is InChI=1S/C16H19NO2S/c1-4-13-9-10-14(12(2)11-13)15-7-5-6-8-16(15)20(18,19)17-3/h5-11,17H,4H2,1-3H3. The minimum Gasteiger partial charge on any atom is -0.214 e. The Hall–Kier alpha value is -1.65. The van der Waals surface area contributed by atoms with Crippen molar-refractivity contribution in [1.82, 2.24) is 4.72 Å². The topological polar surface area (TPSA) is 46.2 Å². The fourth-order valence-corrected chi connectivity index (χ4v) is 3.23. The molecule has 0 atom stereocenters. The molecule has 0 spiro atoms. The average molecular weight is 289 g/mol. The van der Waals surface area contributed by atoms with Crippen molar-refractivity contribution in [1.29, 1.82) is 0 Å². The Balaban J connectivity index is 2.65. The van der Waals surface area contributed by atoms with Crippen LogP contribution in [-0.4, -0.2) is 15.5 Å². The van der Waals surface area contributed by atoms with Gasteiger partial charge < -0.3 is 0 Å². The highest BCUT2D eigenvalue weighted by Crippen LogP contribution is 2.30. The minimum absolute atomic E-state index is 0.315. The van der Waals surface area contributed by atoms with Crippen molar-refractivity contribution in [2.45, 2.75) is 25.2 Å². The highest BCUT2D eigenvalue weighted by Gasteiger charge is 2.17. The van der Waals surface area contributed by atoms with Gasteiger partial charge in [0.15, 0.2) is 0 Å². The normalized spacial score (nSPS) is 11.6. The van der Waals surface area contributed by atoms with Crippen LogP contribution in [0.2, 0.25) is 0 Å². The summed E-state index contributed by atoms with van der Waals surface area (Å²) >= 11 is 0. The second-order valence-electron chi connectivity index (χ2n) is 4.71. The number of sulfonamides is 1. The van der Waals surface area contributed by atoms with E-state index in [0.717, 1.165) is 23.1 Å². The Morgan fingerprint density at radius 1 is 1.05 bits per heavy atom. The number of benzene rings is 2. The summed E-state index contributed by atoms with van der Waals surface area (Å²) in [5.74, 6) is 0. The van der Waals surface area contributed by atoms with Gasteiger partial charge in [0.1, 0.15) is 0 Å². The van der Waals surface area contributed by atoms with Crippen LogP contribution in [-0.2, 0) is 16.4 Å². The zero-order valence-electron chi connectivity index (χ0n) is 12.0. The molecule has 0 saturated carbocycles. The van der Waals surface area contributed by atoms with Gasteiger partial charge in [-0.25, -0.2) is 13.1 Å². The van der Waals surface area contributed by atoms with Gasteiger partial charge in [0, 0.05) is 5.56 Å². The summed E-state index contributed by atoms with van der Waals surface area (Å²) in [7, 11) is -2.03. The highest BCUT2D eigenvalue weighted by atomic mass is 32.2. The van der Waals surface area contributed by atoms with Crippen molar-refractivity contribution in [3.05, 3.63) is 53.6 Å². The molecule has 106 valence electrons. The Bertz CT molecular complexity index is 721. The SMILES string of the molecule is CCc1ccc(-c2ccccc2S(=O)(=O)NC)c(C)c1. The Morgan fingerprint density at radius 3 is 2.35 bits per heavy atom. The van der Waals surface area contributed by atoms with E-state index in [4.69, 9.17) is 0 Å². The van der Waals surface area contributed by atoms with Gasteiger partial charge in [-0.3, -0.25) is 0 Å². The lowest BCUT2D eigenvalue weighted by Gasteiger charge is -2.13. The quantitative estimate of drug-likeness (QED) is 0.940. The Morgan fingerprint density at radius 2 is 1.75 bits per heavy atom. The van der Waals surface area contributed by atoms with E-state index in [1.807, 2.05) is 31.2 Å². The van der Waals surface area contributed by atoms with Crippen molar-refractivity contribution in [3.8, 4) is 11.1 Å². The van der Waals surface area contributed by atoms with E-state index in [9.17, 15) is 8.42 Å². The zero-order chi connectivity index (χ0) is 14.8. The third kappa shape index (κ3) is 2.76. The first-order valence-corrected chi connectivity index (χ1v) is 8.10. The number of aryl methyl sites for hydroxylation is 2. The second-order valence-corrected chi connectivity index (χ2v) is 6.56. The summed E-state index contributed by atoms with van der Waals surface area (Å²) < 4.78 is 26.6. The maximum atomic E-state index is 12.1. The molecule has 0 amide bonds. The van der Waals surface area contributed by atoms with Crippen molar-refractivity contribution in [2.75, 3.05) is 7.05 Å². The average Bonchev–Trinajstić information content (AvgIpc) is 2.47. The lowest BCUT2D eigenvalue weighted by molar-refractivity contribution is 0.588. The number of hydrogen-bond donors (Lipinski definition) is 1. The first kappa shape index (κ1) is 14.8. The molecule has 0 radical (unpaired) electrons. The fourth-order valence-electron chi connectivity index (χ4n) is 2.28. The molecule has 1 N–H and O–H groups in total. The molecule has 0 aliphatic rings. The first-order chi connectivity index (χ1) is 9.49. The molecule has 0 heterocycles. The van der Waals surface area contributed by atoms with Crippen LogP contribution in [0.3, 0.4) is 0 Å². The first-order valence-electron chi connectivity index (χ1n) is 6.62. The summed E-state index contributed by atoms with van der Waals surface area (Å²) in [5.41, 5.74) is 4.03. The molecule has 20 heavy (non-hydrogen) atoms. The van der Waals surface area contributed by atoms with Gasteiger partial charge in [-0.2, -0.15) is 0 Å². The number of hydrogen-bond acceptors (Lipinski definition) is 2. The molecule has 0 fully saturated rings. The van der Waals surface area contributed by atoms with Gasteiger partial charge in [-0.05, 0) is 43.1 Å². The van der Waals surface area contributed by atoms with Gasteiger partial charge in [-0.1, -0.05) is 43.3 Å². The number of rotatable bonds is 4. The second kappa shape index (κ2) is 5.77. The van der Waals surface area contributed by atoms with Gasteiger partial charge in [0.25, 0.3) is 0 Å². The predicted molar refractivity (Wildman–Crippen MR) is 82.2 cm³/mol. The fraction of sp³-hybridized carbons (Fsp3) is 0.250. The minimum atomic E-state index is -3.46. The van der Waals surface area contributed by atoms with Gasteiger partial charge in [0.2, 0.25) is 10.0 Å². The zero-order valence-corrected chi connectivity index (χ0v) is 12.8. The van der Waals surface area contributed by atoms with Crippen LogP contribution in [0.15, 0.2) is 47.4 Å². The molecule has 4 heteroatoms. The third-order valence-electron chi connectivity index (χ3n) is 3.43. The van der Waals surface area contributed by atoms with Crippen molar-refractivity contribution in [3.63, 3.8) is 0 Å². The van der Waals surface area contributed by atoms with Crippen LogP contribution in [0.5, 0.6) is 0 Å². The molecule has 0 aromatic heterocycles. The summed E-state index contributed by atoms with van der Waals surface area (Å²) in [6.45, 7) is 4.12. The predicted octanol–water partition coefficient (Wildman–Crippen LogP) is 3.13. The number of nitrogens with one attached hydrogen (secondary N) is 1. The third-order valence-corrected chi connectivity index (χ3v) is 4.91. The van der Waals surface area contributed by atoms with Crippen molar-refractivity contribution < 1.29 is 8.42 Å². The summed E-state index contributed by atoms with van der Waals surface area (Å²) in [5, 5.41) is 0. The van der Waals surface area contributed by atoms with Gasteiger partial charge >= 0.3 is 0 Å². The summed E-state index contributed by atoms with van der Waals surface area (Å²) in [6, 6.07) is 13.2. The summed E-state index contributed by atoms with van der Waals surface area (Å²) in [4.78, 5) is 0.315. The lowest BCUT2D eigenvalue weighted by Crippen LogP contribution is -2.19. The van der Waals surface area contributed by atoms with Crippen molar-refractivity contribution in [2.24, 2.45) is 0 Å². The molecular weight excluding hydrogens is 270 g/mol. The van der Waals surface area contributed by atoms with E-state index in [2.05, 4.69) is 17.7 Å². The highest BCUT2D eigenvalue weighted by molar-refractivity contribution is 7.89. The van der Waals surface area contributed by atoms with E-state index in [1.165, 1.54) is 12.6 Å². The van der Waals surface area contributed by atoms with Crippen LogP contribution in [0.25, 0.3) is 11.1 Å². The molecule has 0 bridgehead atoms. The maximum absolute atomic E-state index is 12.1. The van der Waals surface area contributed by atoms with E-state index >= 15 is 0 Å². The monoisotopic (exact) mass is 289 g/mol. The van der Waals surface area contributed by atoms with Crippen LogP contribution in [0, 0.1) is 6.92 Å². The molecule has 2 rings (SSSR count). The van der Waals surface area contributed by atoms with Crippen LogP contribution in [0.4, 0.5) is 0 Å². The molecule has 2 aromatic rings. The van der Waals surface area contributed by atoms with Crippen LogP contribution in [0.1, 0.15) is 18.1 Å². The van der Waals surface area contributed by atoms with E-state index in [0.29, 0.717) is 4.90 Å². The van der Waals surface area contributed by atoms with Crippen LogP contribution < -0.4 is 4.72 Å². The Labute approximate surface area is 120 Å². The van der Waals surface area contributed by atoms with Gasteiger partial charge in [-0.15, -0.1) is 0 Å². The van der Waals surface area contributed by atoms with Crippen LogP contribution >= 0.6 is 0 Å². The van der Waals surface area contributed by atoms with Crippen molar-refractivity contribution >= 4 is 10.0 Å². The molecule has 0 unspecified atom stereocenters. The summed E-state index contributed by atoms with van der Waals surface area (Å²) in [6.07, 6.45) is 0.970. The molecule has 0 aliphatic heterocycles. The molecule has 0 aliphatic carbocycles. The van der Waals surface area contributed by atoms with E-state index in [-0.39, 0.29) is 0 Å². The van der Waals surface area contributed by atoms with E-state index in [1.54, 1.807) is 12.1 Å². The molecular formula is C16H19NO2S. The smallest absolute Gasteiger partial charge is 0.214 e. The largest absolute Gasteiger partial charge is 0.240 e. The van der Waals surface area contributed by atoms with E-state index < -0.39 is 10.0 Å². The molecule has 3 nitrogen and oxygen atoms in total. The maximum Gasteiger partial charge on any atom is 0.240 e.